The van der Waals surface area contributed by atoms with Gasteiger partial charge in [0, 0.05) is 0 Å². The van der Waals surface area contributed by atoms with Crippen LogP contribution >= 0.6 is 0 Å². The summed E-state index contributed by atoms with van der Waals surface area (Å²) in [6, 6.07) is 0. The summed E-state index contributed by atoms with van der Waals surface area (Å²) in [5.74, 6) is -2.21. The van der Waals surface area contributed by atoms with Crippen molar-refractivity contribution in [1.29, 1.82) is 0 Å². The first kappa shape index (κ1) is 12.8. The van der Waals surface area contributed by atoms with Gasteiger partial charge in [-0.05, 0) is 0 Å². The van der Waals surface area contributed by atoms with Gasteiger partial charge >= 0.3 is 0 Å². The molecule has 0 bridgehead atoms. The number of sulfone groups is 1. The van der Waals surface area contributed by atoms with Crippen LogP contribution in [0.2, 0.25) is 0 Å². The Bertz CT molecular complexity index is 505. The molecule has 11 heteroatoms. The summed E-state index contributed by atoms with van der Waals surface area (Å²) in [6.45, 7) is 0. The van der Waals surface area contributed by atoms with Gasteiger partial charge < -0.3 is 9.11 Å². The molecule has 1 saturated heterocycles. The molecule has 1 fully saturated rings. The Labute approximate surface area is 86.7 Å². The normalized spacial score (nSPS) is 31.6. The van der Waals surface area contributed by atoms with Crippen LogP contribution in [0.5, 0.6) is 0 Å². The van der Waals surface area contributed by atoms with E-state index in [0.29, 0.717) is 0 Å². The highest BCUT2D eigenvalue weighted by atomic mass is 32.2. The molecule has 0 amide bonds. The maximum atomic E-state index is 10.9. The van der Waals surface area contributed by atoms with Crippen LogP contribution < -0.4 is 0 Å². The summed E-state index contributed by atoms with van der Waals surface area (Å²) in [7, 11) is -14.2. The molecule has 0 aliphatic carbocycles. The maximum absolute atomic E-state index is 10.9. The van der Waals surface area contributed by atoms with Crippen molar-refractivity contribution < 1.29 is 34.4 Å². The Balaban J connectivity index is 3.29. The van der Waals surface area contributed by atoms with E-state index in [9.17, 15) is 34.4 Å². The number of rotatable bonds is 2. The minimum atomic E-state index is -5.11. The highest BCUT2D eigenvalue weighted by molar-refractivity contribution is 7.97. The van der Waals surface area contributed by atoms with E-state index < -0.39 is 52.1 Å². The second-order valence-electron chi connectivity index (χ2n) is 3.14. The molecule has 1 aliphatic heterocycles. The van der Waals surface area contributed by atoms with Crippen LogP contribution in [-0.2, 0) is 30.1 Å². The molecule has 0 radical (unpaired) electrons. The summed E-state index contributed by atoms with van der Waals surface area (Å²) in [6.07, 6.45) is 0. The van der Waals surface area contributed by atoms with Crippen LogP contribution in [0.15, 0.2) is 0 Å². The summed E-state index contributed by atoms with van der Waals surface area (Å²) in [4.78, 5) is 0. The van der Waals surface area contributed by atoms with Crippen LogP contribution in [0.1, 0.15) is 0 Å². The molecule has 15 heavy (non-hydrogen) atoms. The highest BCUT2D eigenvalue weighted by Gasteiger charge is 2.45. The Morgan fingerprint density at radius 3 is 1.33 bits per heavy atom. The van der Waals surface area contributed by atoms with Gasteiger partial charge in [0.25, 0.3) is 0 Å². The lowest BCUT2D eigenvalue weighted by Crippen LogP contribution is -2.38. The lowest BCUT2D eigenvalue weighted by Gasteiger charge is -2.23. The highest BCUT2D eigenvalue weighted by Crippen LogP contribution is 2.24. The fourth-order valence-corrected chi connectivity index (χ4v) is 7.50. The molecule has 0 aromatic carbocycles. The van der Waals surface area contributed by atoms with E-state index in [2.05, 4.69) is 0 Å². The van der Waals surface area contributed by atoms with Gasteiger partial charge in [-0.15, -0.1) is 0 Å². The third kappa shape index (κ3) is 2.87. The largest absolute Gasteiger partial charge is 0.748 e. The molecule has 0 aromatic rings. The third-order valence-corrected chi connectivity index (χ3v) is 6.79. The first-order chi connectivity index (χ1) is 6.43. The Kier molecular flexibility index (Phi) is 2.89. The quantitative estimate of drug-likeness (QED) is 0.493. The van der Waals surface area contributed by atoms with Crippen molar-refractivity contribution in [2.75, 3.05) is 11.5 Å². The van der Waals surface area contributed by atoms with Crippen molar-refractivity contribution in [3.8, 4) is 0 Å². The molecule has 1 heterocycles. The molecule has 0 N–H and O–H groups in total. The van der Waals surface area contributed by atoms with Crippen molar-refractivity contribution >= 4 is 30.1 Å². The van der Waals surface area contributed by atoms with Crippen molar-refractivity contribution in [1.82, 2.24) is 0 Å². The maximum Gasteiger partial charge on any atom is 0.152 e. The van der Waals surface area contributed by atoms with Crippen LogP contribution in [0, 0.1) is 0 Å². The van der Waals surface area contributed by atoms with E-state index in [1.807, 2.05) is 0 Å². The molecule has 2 atom stereocenters. The topological polar surface area (TPSA) is 149 Å². The Morgan fingerprint density at radius 2 is 1.13 bits per heavy atom. The molecular weight excluding hydrogens is 272 g/mol. The predicted octanol–water partition coefficient (Wildman–Crippen LogP) is -2.76. The molecule has 90 valence electrons. The van der Waals surface area contributed by atoms with Gasteiger partial charge in [0.1, 0.15) is 0 Å². The van der Waals surface area contributed by atoms with Gasteiger partial charge in [0.15, 0.2) is 9.84 Å². The van der Waals surface area contributed by atoms with E-state index in [1.165, 1.54) is 0 Å². The summed E-state index contributed by atoms with van der Waals surface area (Å²) in [5.41, 5.74) is 0. The van der Waals surface area contributed by atoms with Crippen molar-refractivity contribution in [3.05, 3.63) is 0 Å². The lowest BCUT2D eigenvalue weighted by molar-refractivity contribution is 0.431. The monoisotopic (exact) mass is 278 g/mol. The Morgan fingerprint density at radius 1 is 0.867 bits per heavy atom. The van der Waals surface area contributed by atoms with Crippen LogP contribution in [-0.4, -0.2) is 56.4 Å². The lowest BCUT2D eigenvalue weighted by atomic mass is 10.4. The second-order valence-corrected chi connectivity index (χ2v) is 8.48. The zero-order chi connectivity index (χ0) is 12.1. The average Bonchev–Trinajstić information content (AvgIpc) is 2.23. The summed E-state index contributed by atoms with van der Waals surface area (Å²) < 4.78 is 85.2. The molecule has 0 spiro atoms. The van der Waals surface area contributed by atoms with Gasteiger partial charge in [0.05, 0.1) is 42.2 Å². The zero-order valence-corrected chi connectivity index (χ0v) is 9.51. The van der Waals surface area contributed by atoms with E-state index >= 15 is 0 Å². The van der Waals surface area contributed by atoms with Crippen LogP contribution in [0.3, 0.4) is 0 Å². The molecule has 1 aliphatic rings. The summed E-state index contributed by atoms with van der Waals surface area (Å²) >= 11 is 0. The molecule has 0 aromatic heterocycles. The Hall–Kier alpha value is -0.230. The van der Waals surface area contributed by atoms with Crippen molar-refractivity contribution in [3.63, 3.8) is 0 Å². The van der Waals surface area contributed by atoms with Gasteiger partial charge in [-0.2, -0.15) is 0 Å². The van der Waals surface area contributed by atoms with Gasteiger partial charge in [-0.1, -0.05) is 0 Å². The van der Waals surface area contributed by atoms with E-state index in [-0.39, 0.29) is 0 Å². The second kappa shape index (κ2) is 3.38. The molecule has 1 rings (SSSR count). The van der Waals surface area contributed by atoms with Gasteiger partial charge in [0.2, 0.25) is 0 Å². The minimum Gasteiger partial charge on any atom is -0.748 e. The molecule has 0 saturated carbocycles. The fraction of sp³-hybridized carbons (Fsp3) is 1.00. The third-order valence-electron chi connectivity index (χ3n) is 1.99. The number of hydrogen-bond acceptors (Lipinski definition) is 8. The van der Waals surface area contributed by atoms with Gasteiger partial charge in [-0.25, -0.2) is 25.3 Å². The standard InChI is InChI=1S/C4H8O8S3/c5-13(6)1-3(14(7,8)9)4(2-13)15(10,11)12/h3-4H,1-2H2,(H,7,8,9)(H,10,11,12)/p-2/t3-,4-/m1/s1. The minimum absolute atomic E-state index is 1.11. The van der Waals surface area contributed by atoms with Gasteiger partial charge in [-0.3, -0.25) is 0 Å². The fourth-order valence-electron chi connectivity index (χ4n) is 1.32. The molecule has 0 unspecified atom stereocenters. The average molecular weight is 278 g/mol. The predicted molar refractivity (Wildman–Crippen MR) is 45.6 cm³/mol. The summed E-state index contributed by atoms with van der Waals surface area (Å²) in [5, 5.41) is -4.38. The van der Waals surface area contributed by atoms with Crippen molar-refractivity contribution in [2.24, 2.45) is 0 Å². The van der Waals surface area contributed by atoms with E-state index in [1.54, 1.807) is 0 Å². The van der Waals surface area contributed by atoms with Crippen LogP contribution in [0.25, 0.3) is 0 Å². The first-order valence-electron chi connectivity index (χ1n) is 3.53. The molecular formula is C4H6O8S3-2. The zero-order valence-electron chi connectivity index (χ0n) is 7.06. The van der Waals surface area contributed by atoms with E-state index in [0.717, 1.165) is 0 Å². The molecule has 8 nitrogen and oxygen atoms in total. The van der Waals surface area contributed by atoms with Crippen LogP contribution in [0.4, 0.5) is 0 Å². The van der Waals surface area contributed by atoms with E-state index in [4.69, 9.17) is 0 Å². The SMILES string of the molecule is O=S1(=O)C[C@@H](S(=O)(=O)[O-])[C@H](S(=O)(=O)[O-])C1. The number of hydrogen-bond donors (Lipinski definition) is 0. The first-order valence-corrected chi connectivity index (χ1v) is 8.30. The smallest absolute Gasteiger partial charge is 0.152 e. The van der Waals surface area contributed by atoms with Crippen molar-refractivity contribution in [2.45, 2.75) is 10.5 Å².